The smallest absolute Gasteiger partial charge is 0.307 e. The van der Waals surface area contributed by atoms with Gasteiger partial charge in [-0.25, -0.2) is 4.98 Å². The summed E-state index contributed by atoms with van der Waals surface area (Å²) in [5.74, 6) is 0.667. The molecular weight excluding hydrogens is 414 g/mol. The first kappa shape index (κ1) is 22.9. The highest BCUT2D eigenvalue weighted by Crippen LogP contribution is 2.24. The Labute approximate surface area is 195 Å². The number of carbonyl (C=O) groups excluding carboxylic acids is 1. The maximum Gasteiger partial charge on any atom is 0.307 e. The van der Waals surface area contributed by atoms with Crippen LogP contribution in [-0.4, -0.2) is 39.5 Å². The third kappa shape index (κ3) is 6.62. The number of carbonyl (C=O) groups is 1. The first-order valence-corrected chi connectivity index (χ1v) is 11.4. The van der Waals surface area contributed by atoms with E-state index in [2.05, 4.69) is 22.0 Å². The van der Waals surface area contributed by atoms with Crippen LogP contribution >= 0.6 is 0 Å². The van der Waals surface area contributed by atoms with E-state index in [0.717, 1.165) is 46.9 Å². The number of ether oxygens (including phenoxy) is 2. The lowest BCUT2D eigenvalue weighted by Crippen LogP contribution is -2.34. The molecule has 0 unspecified atom stereocenters. The predicted octanol–water partition coefficient (Wildman–Crippen LogP) is 4.81. The normalized spacial score (nSPS) is 13.9. The zero-order valence-corrected chi connectivity index (χ0v) is 19.6. The second-order valence-electron chi connectivity index (χ2n) is 9.31. The number of nitrogens with zero attached hydrogens (tertiary/aromatic N) is 3. The molecule has 0 bridgehead atoms. The van der Waals surface area contributed by atoms with Crippen LogP contribution in [0.15, 0.2) is 60.8 Å². The van der Waals surface area contributed by atoms with Crippen LogP contribution in [0, 0.1) is 0 Å². The summed E-state index contributed by atoms with van der Waals surface area (Å²) in [6.45, 7) is 8.45. The Kier molecular flexibility index (Phi) is 7.04. The van der Waals surface area contributed by atoms with E-state index < -0.39 is 5.60 Å². The molecule has 0 atom stereocenters. The van der Waals surface area contributed by atoms with Crippen molar-refractivity contribution in [3.8, 4) is 17.0 Å². The third-order valence-electron chi connectivity index (χ3n) is 5.42. The average Bonchev–Trinajstić information content (AvgIpc) is 2.81. The molecule has 1 aromatic heterocycles. The largest absolute Gasteiger partial charge is 0.489 e. The van der Waals surface area contributed by atoms with Crippen LogP contribution in [0.2, 0.25) is 0 Å². The molecule has 6 nitrogen and oxygen atoms in total. The molecule has 172 valence electrons. The lowest BCUT2D eigenvalue weighted by atomic mass is 10.1. The molecule has 0 saturated heterocycles. The van der Waals surface area contributed by atoms with Crippen molar-refractivity contribution in [2.24, 2.45) is 0 Å². The minimum atomic E-state index is -0.445. The van der Waals surface area contributed by atoms with Crippen LogP contribution < -0.4 is 4.74 Å². The van der Waals surface area contributed by atoms with Gasteiger partial charge in [-0.05, 0) is 50.6 Å². The van der Waals surface area contributed by atoms with Gasteiger partial charge in [-0.1, -0.05) is 30.3 Å². The number of hydrogen-bond donors (Lipinski definition) is 0. The van der Waals surface area contributed by atoms with E-state index >= 15 is 0 Å². The molecular formula is C27H31N3O3. The molecule has 6 heteroatoms. The van der Waals surface area contributed by atoms with E-state index in [0.29, 0.717) is 26.1 Å². The standard InChI is InChI=1S/C27H31N3O3/c1-27(2,3)33-26(31)14-16-30-15-13-23-25(18-30)28-17-24(29-23)21-9-11-22(12-10-21)32-19-20-7-5-4-6-8-20/h4-12,17H,13-16,18-19H2,1-3H3. The van der Waals surface area contributed by atoms with Crippen molar-refractivity contribution in [1.82, 2.24) is 14.9 Å². The Morgan fingerprint density at radius 1 is 1.03 bits per heavy atom. The lowest BCUT2D eigenvalue weighted by Gasteiger charge is -2.28. The monoisotopic (exact) mass is 445 g/mol. The molecule has 0 radical (unpaired) electrons. The van der Waals surface area contributed by atoms with Crippen molar-refractivity contribution in [2.75, 3.05) is 13.1 Å². The van der Waals surface area contributed by atoms with Crippen molar-refractivity contribution in [2.45, 2.75) is 52.4 Å². The SMILES string of the molecule is CC(C)(C)OC(=O)CCN1CCc2nc(-c3ccc(OCc4ccccc4)cc3)cnc2C1. The predicted molar refractivity (Wildman–Crippen MR) is 128 cm³/mol. The zero-order chi connectivity index (χ0) is 23.3. The van der Waals surface area contributed by atoms with Crippen LogP contribution in [0.3, 0.4) is 0 Å². The highest BCUT2D eigenvalue weighted by Gasteiger charge is 2.22. The molecule has 2 aromatic carbocycles. The van der Waals surface area contributed by atoms with E-state index in [1.54, 1.807) is 0 Å². The van der Waals surface area contributed by atoms with Gasteiger partial charge in [0.2, 0.25) is 0 Å². The van der Waals surface area contributed by atoms with Gasteiger partial charge in [0.15, 0.2) is 0 Å². The van der Waals surface area contributed by atoms with E-state index in [-0.39, 0.29) is 5.97 Å². The fraction of sp³-hybridized carbons (Fsp3) is 0.370. The lowest BCUT2D eigenvalue weighted by molar-refractivity contribution is -0.155. The van der Waals surface area contributed by atoms with Crippen LogP contribution in [0.4, 0.5) is 0 Å². The van der Waals surface area contributed by atoms with Gasteiger partial charge in [-0.15, -0.1) is 0 Å². The number of hydrogen-bond acceptors (Lipinski definition) is 6. The molecule has 0 fully saturated rings. The second-order valence-corrected chi connectivity index (χ2v) is 9.31. The number of rotatable bonds is 7. The fourth-order valence-corrected chi connectivity index (χ4v) is 3.77. The number of benzene rings is 2. The van der Waals surface area contributed by atoms with Crippen LogP contribution in [0.25, 0.3) is 11.3 Å². The van der Waals surface area contributed by atoms with Gasteiger partial charge in [0, 0.05) is 31.6 Å². The van der Waals surface area contributed by atoms with Gasteiger partial charge in [0.25, 0.3) is 0 Å². The zero-order valence-electron chi connectivity index (χ0n) is 19.6. The Morgan fingerprint density at radius 3 is 2.52 bits per heavy atom. The fourth-order valence-electron chi connectivity index (χ4n) is 3.77. The van der Waals surface area contributed by atoms with Gasteiger partial charge in [-0.3, -0.25) is 14.7 Å². The van der Waals surface area contributed by atoms with Crippen molar-refractivity contribution < 1.29 is 14.3 Å². The van der Waals surface area contributed by atoms with Gasteiger partial charge in [-0.2, -0.15) is 0 Å². The minimum absolute atomic E-state index is 0.161. The quantitative estimate of drug-likeness (QED) is 0.486. The number of fused-ring (bicyclic) bond motifs is 1. The number of aromatic nitrogens is 2. The topological polar surface area (TPSA) is 64.5 Å². The molecule has 4 rings (SSSR count). The summed E-state index contributed by atoms with van der Waals surface area (Å²) in [7, 11) is 0. The molecule has 0 aliphatic carbocycles. The molecule has 0 spiro atoms. The number of esters is 1. The average molecular weight is 446 g/mol. The Morgan fingerprint density at radius 2 is 1.79 bits per heavy atom. The summed E-state index contributed by atoms with van der Waals surface area (Å²) < 4.78 is 11.3. The van der Waals surface area contributed by atoms with E-state index in [4.69, 9.17) is 14.5 Å². The van der Waals surface area contributed by atoms with Crippen molar-refractivity contribution in [3.05, 3.63) is 77.7 Å². The maximum atomic E-state index is 12.0. The molecule has 0 amide bonds. The van der Waals surface area contributed by atoms with Gasteiger partial charge >= 0.3 is 5.97 Å². The van der Waals surface area contributed by atoms with E-state index in [1.807, 2.05) is 69.4 Å². The Balaban J connectivity index is 1.33. The van der Waals surface area contributed by atoms with Gasteiger partial charge in [0.1, 0.15) is 18.0 Å². The summed E-state index contributed by atoms with van der Waals surface area (Å²) in [6, 6.07) is 18.1. The molecule has 1 aliphatic rings. The maximum absolute atomic E-state index is 12.0. The summed E-state index contributed by atoms with van der Waals surface area (Å²) in [5.41, 5.74) is 4.60. The summed E-state index contributed by atoms with van der Waals surface area (Å²) in [4.78, 5) is 23.8. The summed E-state index contributed by atoms with van der Waals surface area (Å²) in [5, 5.41) is 0. The first-order valence-electron chi connectivity index (χ1n) is 11.4. The van der Waals surface area contributed by atoms with Crippen molar-refractivity contribution in [1.29, 1.82) is 0 Å². The van der Waals surface area contributed by atoms with E-state index in [9.17, 15) is 4.79 Å². The molecule has 0 saturated carbocycles. The highest BCUT2D eigenvalue weighted by atomic mass is 16.6. The molecule has 0 N–H and O–H groups in total. The van der Waals surface area contributed by atoms with Crippen LogP contribution in [0.5, 0.6) is 5.75 Å². The van der Waals surface area contributed by atoms with E-state index in [1.165, 1.54) is 0 Å². The Bertz CT molecular complexity index is 1080. The van der Waals surface area contributed by atoms with Gasteiger partial charge < -0.3 is 9.47 Å². The molecule has 1 aliphatic heterocycles. The first-order chi connectivity index (χ1) is 15.9. The van der Waals surface area contributed by atoms with Crippen LogP contribution in [-0.2, 0) is 29.1 Å². The van der Waals surface area contributed by atoms with Gasteiger partial charge in [0.05, 0.1) is 29.7 Å². The molecule has 3 aromatic rings. The third-order valence-corrected chi connectivity index (χ3v) is 5.42. The van der Waals surface area contributed by atoms with Crippen molar-refractivity contribution >= 4 is 5.97 Å². The minimum Gasteiger partial charge on any atom is -0.489 e. The summed E-state index contributed by atoms with van der Waals surface area (Å²) in [6.07, 6.45) is 3.04. The molecule has 2 heterocycles. The van der Waals surface area contributed by atoms with Crippen LogP contribution in [0.1, 0.15) is 44.1 Å². The summed E-state index contributed by atoms with van der Waals surface area (Å²) >= 11 is 0. The van der Waals surface area contributed by atoms with Crippen molar-refractivity contribution in [3.63, 3.8) is 0 Å². The second kappa shape index (κ2) is 10.1. The molecule has 33 heavy (non-hydrogen) atoms. The Hall–Kier alpha value is -3.25. The highest BCUT2D eigenvalue weighted by molar-refractivity contribution is 5.70.